The third kappa shape index (κ3) is 5.27. The Balaban J connectivity index is 2.15. The topological polar surface area (TPSA) is 39.2 Å². The zero-order valence-corrected chi connectivity index (χ0v) is 15.6. The predicted octanol–water partition coefficient (Wildman–Crippen LogP) is 5.45. The molecule has 2 aromatic rings. The van der Waals surface area contributed by atoms with E-state index in [-0.39, 0.29) is 11.1 Å². The Hall–Kier alpha value is -1.94. The van der Waals surface area contributed by atoms with Gasteiger partial charge < -0.3 is 4.74 Å². The normalized spacial score (nSPS) is 11.4. The maximum atomic E-state index is 13.3. The summed E-state index contributed by atoms with van der Waals surface area (Å²) in [6.45, 7) is 6.26. The lowest BCUT2D eigenvalue weighted by Gasteiger charge is -2.23. The zero-order chi connectivity index (χ0) is 18.4. The molecule has 1 heterocycles. The van der Waals surface area contributed by atoms with Crippen LogP contribution in [0.4, 0.5) is 4.39 Å². The average Bonchev–Trinajstić information content (AvgIpc) is 2.57. The fraction of sp³-hybridized carbons (Fsp3) is 0.400. The Morgan fingerprint density at radius 1 is 1.28 bits per heavy atom. The van der Waals surface area contributed by atoms with E-state index < -0.39 is 11.2 Å². The molecular weight excluding hydrogens is 341 g/mol. The first kappa shape index (κ1) is 19.4. The number of pyridine rings is 1. The van der Waals surface area contributed by atoms with Crippen molar-refractivity contribution in [3.05, 3.63) is 52.9 Å². The Labute approximate surface area is 153 Å². The lowest BCUT2D eigenvalue weighted by molar-refractivity contribution is -0.154. The third-order valence-corrected chi connectivity index (χ3v) is 4.22. The molecule has 0 fully saturated rings. The number of esters is 1. The SMILES string of the molecule is CCCCOC(=O)C(C)(C)Cc1cccc(-c2ccc(F)c(Cl)n2)c1. The molecule has 0 saturated heterocycles. The summed E-state index contributed by atoms with van der Waals surface area (Å²) in [6, 6.07) is 10.6. The molecule has 3 nitrogen and oxygen atoms in total. The van der Waals surface area contributed by atoms with Gasteiger partial charge in [-0.1, -0.05) is 43.1 Å². The number of rotatable bonds is 7. The van der Waals surface area contributed by atoms with Gasteiger partial charge in [0, 0.05) is 5.56 Å². The van der Waals surface area contributed by atoms with Gasteiger partial charge in [0.2, 0.25) is 0 Å². The number of halogens is 2. The van der Waals surface area contributed by atoms with Gasteiger partial charge in [-0.2, -0.15) is 0 Å². The van der Waals surface area contributed by atoms with Crippen molar-refractivity contribution in [3.63, 3.8) is 0 Å². The molecule has 2 rings (SSSR count). The molecule has 0 aliphatic rings. The molecule has 5 heteroatoms. The van der Waals surface area contributed by atoms with Crippen molar-refractivity contribution in [2.24, 2.45) is 5.41 Å². The summed E-state index contributed by atoms with van der Waals surface area (Å²) in [5.74, 6) is -0.744. The molecule has 0 bridgehead atoms. The van der Waals surface area contributed by atoms with E-state index in [9.17, 15) is 9.18 Å². The second-order valence-corrected chi connectivity index (χ2v) is 7.08. The van der Waals surface area contributed by atoms with Crippen LogP contribution in [-0.2, 0) is 16.0 Å². The van der Waals surface area contributed by atoms with Gasteiger partial charge in [0.25, 0.3) is 0 Å². The van der Waals surface area contributed by atoms with Crippen molar-refractivity contribution in [2.75, 3.05) is 6.61 Å². The molecule has 134 valence electrons. The number of hydrogen-bond donors (Lipinski definition) is 0. The number of carbonyl (C=O) groups excluding carboxylic acids is 1. The van der Waals surface area contributed by atoms with Crippen LogP contribution in [0.25, 0.3) is 11.3 Å². The highest BCUT2D eigenvalue weighted by molar-refractivity contribution is 6.29. The summed E-state index contributed by atoms with van der Waals surface area (Å²) in [7, 11) is 0. The Morgan fingerprint density at radius 3 is 2.72 bits per heavy atom. The molecule has 25 heavy (non-hydrogen) atoms. The molecule has 0 amide bonds. The van der Waals surface area contributed by atoms with E-state index >= 15 is 0 Å². The van der Waals surface area contributed by atoms with Gasteiger partial charge in [0.05, 0.1) is 17.7 Å². The number of ether oxygens (including phenoxy) is 1. The molecule has 0 unspecified atom stereocenters. The molecule has 0 aliphatic carbocycles. The number of unbranched alkanes of at least 4 members (excludes halogenated alkanes) is 1. The number of carbonyl (C=O) groups is 1. The largest absolute Gasteiger partial charge is 0.465 e. The molecule has 0 saturated carbocycles. The molecule has 0 N–H and O–H groups in total. The minimum absolute atomic E-state index is 0.150. The highest BCUT2D eigenvalue weighted by Crippen LogP contribution is 2.27. The van der Waals surface area contributed by atoms with Crippen molar-refractivity contribution in [1.82, 2.24) is 4.98 Å². The van der Waals surface area contributed by atoms with E-state index in [0.717, 1.165) is 24.0 Å². The highest BCUT2D eigenvalue weighted by atomic mass is 35.5. The Bertz CT molecular complexity index is 746. The fourth-order valence-corrected chi connectivity index (χ4v) is 2.66. The summed E-state index contributed by atoms with van der Waals surface area (Å²) < 4.78 is 18.6. The van der Waals surface area contributed by atoms with Crippen LogP contribution in [0.5, 0.6) is 0 Å². The minimum atomic E-state index is -0.625. The number of hydrogen-bond acceptors (Lipinski definition) is 3. The first-order valence-electron chi connectivity index (χ1n) is 8.42. The quantitative estimate of drug-likeness (QED) is 0.373. The lowest BCUT2D eigenvalue weighted by Crippen LogP contribution is -2.29. The summed E-state index contributed by atoms with van der Waals surface area (Å²) in [5, 5.41) is -0.150. The molecular formula is C20H23ClFNO2. The predicted molar refractivity (Wildman–Crippen MR) is 98.0 cm³/mol. The second-order valence-electron chi connectivity index (χ2n) is 6.72. The maximum absolute atomic E-state index is 13.3. The molecule has 0 aliphatic heterocycles. The van der Waals surface area contributed by atoms with Crippen molar-refractivity contribution in [3.8, 4) is 11.3 Å². The van der Waals surface area contributed by atoms with E-state index in [1.54, 1.807) is 6.07 Å². The second kappa shape index (κ2) is 8.43. The van der Waals surface area contributed by atoms with Crippen LogP contribution in [0.2, 0.25) is 5.15 Å². The molecule has 0 radical (unpaired) electrons. The van der Waals surface area contributed by atoms with Crippen LogP contribution in [0.3, 0.4) is 0 Å². The standard InChI is InChI=1S/C20H23ClFNO2/c1-4-5-11-25-19(24)20(2,3)13-14-7-6-8-15(12-14)17-10-9-16(22)18(21)23-17/h6-10,12H,4-5,11,13H2,1-3H3. The van der Waals surface area contributed by atoms with E-state index in [0.29, 0.717) is 18.7 Å². The first-order chi connectivity index (χ1) is 11.8. The lowest BCUT2D eigenvalue weighted by atomic mass is 9.85. The zero-order valence-electron chi connectivity index (χ0n) is 14.8. The van der Waals surface area contributed by atoms with Gasteiger partial charge in [0.1, 0.15) is 0 Å². The van der Waals surface area contributed by atoms with Crippen LogP contribution >= 0.6 is 11.6 Å². The van der Waals surface area contributed by atoms with Crippen LogP contribution in [0, 0.1) is 11.2 Å². The van der Waals surface area contributed by atoms with Crippen LogP contribution in [0.15, 0.2) is 36.4 Å². The minimum Gasteiger partial charge on any atom is -0.465 e. The van der Waals surface area contributed by atoms with Gasteiger partial charge in [-0.3, -0.25) is 4.79 Å². The van der Waals surface area contributed by atoms with E-state index in [2.05, 4.69) is 11.9 Å². The molecule has 0 spiro atoms. The van der Waals surface area contributed by atoms with Crippen molar-refractivity contribution in [2.45, 2.75) is 40.0 Å². The van der Waals surface area contributed by atoms with Gasteiger partial charge >= 0.3 is 5.97 Å². The highest BCUT2D eigenvalue weighted by Gasteiger charge is 2.29. The van der Waals surface area contributed by atoms with Gasteiger partial charge in [-0.15, -0.1) is 0 Å². The van der Waals surface area contributed by atoms with Gasteiger partial charge in [-0.05, 0) is 50.5 Å². The third-order valence-electron chi connectivity index (χ3n) is 3.96. The summed E-state index contributed by atoms with van der Waals surface area (Å²) in [5.41, 5.74) is 1.78. The van der Waals surface area contributed by atoms with E-state index in [1.165, 1.54) is 6.07 Å². The monoisotopic (exact) mass is 363 g/mol. The Kier molecular flexibility index (Phi) is 6.54. The van der Waals surface area contributed by atoms with Crippen molar-refractivity contribution in [1.29, 1.82) is 0 Å². The van der Waals surface area contributed by atoms with E-state index in [1.807, 2.05) is 38.1 Å². The van der Waals surface area contributed by atoms with Crippen LogP contribution in [0.1, 0.15) is 39.2 Å². The number of nitrogens with zero attached hydrogens (tertiary/aromatic N) is 1. The van der Waals surface area contributed by atoms with Crippen LogP contribution < -0.4 is 0 Å². The van der Waals surface area contributed by atoms with Crippen LogP contribution in [-0.4, -0.2) is 17.6 Å². The fourth-order valence-electron chi connectivity index (χ4n) is 2.51. The molecule has 1 aromatic heterocycles. The molecule has 0 atom stereocenters. The summed E-state index contributed by atoms with van der Waals surface area (Å²) >= 11 is 5.76. The molecule has 1 aromatic carbocycles. The number of aromatic nitrogens is 1. The summed E-state index contributed by atoms with van der Waals surface area (Å²) in [6.07, 6.45) is 2.40. The first-order valence-corrected chi connectivity index (χ1v) is 8.80. The summed E-state index contributed by atoms with van der Waals surface area (Å²) in [4.78, 5) is 16.4. The van der Waals surface area contributed by atoms with Crippen molar-refractivity contribution < 1.29 is 13.9 Å². The van der Waals surface area contributed by atoms with Crippen molar-refractivity contribution >= 4 is 17.6 Å². The van der Waals surface area contributed by atoms with E-state index in [4.69, 9.17) is 16.3 Å². The average molecular weight is 364 g/mol. The van der Waals surface area contributed by atoms with Gasteiger partial charge in [-0.25, -0.2) is 9.37 Å². The smallest absolute Gasteiger partial charge is 0.311 e. The number of benzene rings is 1. The van der Waals surface area contributed by atoms with Gasteiger partial charge in [0.15, 0.2) is 11.0 Å². The maximum Gasteiger partial charge on any atom is 0.311 e. The Morgan fingerprint density at radius 2 is 2.04 bits per heavy atom.